The molecule has 0 radical (unpaired) electrons. The fourth-order valence-electron chi connectivity index (χ4n) is 5.27. The largest absolute Gasteiger partial charge is 0.481 e. The highest BCUT2D eigenvalue weighted by Gasteiger charge is 2.39. The van der Waals surface area contributed by atoms with E-state index < -0.39 is 12.3 Å². The maximum absolute atomic E-state index is 12.1. The van der Waals surface area contributed by atoms with Gasteiger partial charge in [0.25, 0.3) is 0 Å². The highest BCUT2D eigenvalue weighted by Crippen LogP contribution is 2.42. The van der Waals surface area contributed by atoms with Gasteiger partial charge >= 0.3 is 5.97 Å². The Balaban J connectivity index is 1.37. The summed E-state index contributed by atoms with van der Waals surface area (Å²) in [6.45, 7) is 2.73. The second-order valence-corrected chi connectivity index (χ2v) is 11.5. The molecule has 1 aliphatic heterocycles. The van der Waals surface area contributed by atoms with E-state index in [9.17, 15) is 14.7 Å². The Morgan fingerprint density at radius 1 is 0.955 bits per heavy atom. The van der Waals surface area contributed by atoms with Crippen molar-refractivity contribution in [3.63, 3.8) is 0 Å². The summed E-state index contributed by atoms with van der Waals surface area (Å²) in [5, 5.41) is 21.7. The number of carbonyl (C=O) groups is 2. The first-order valence-corrected chi connectivity index (χ1v) is 15.0. The third-order valence-electron chi connectivity index (χ3n) is 7.79. The molecular weight excluding hydrogens is 605 g/mol. The lowest BCUT2D eigenvalue weighted by atomic mass is 9.90. The standard InChI is InChI=1S/C33H33Cl2N3O6/c1-20-27(17-38-19-37-31(34)32(38)35)43-33(44-30(20)23-8-6-21(18-39)7-9-23)24-12-10-22(11-13-24)26-5-3-2-4-25(26)16-36-28(40)14-15-29(41)42/h2-13,19-20,27,30,33,39H,14-18H2,1H3,(H,36,40)(H,41,42)/t20-,27+,30+,33+/m0/s1. The summed E-state index contributed by atoms with van der Waals surface area (Å²) in [4.78, 5) is 27.0. The number of amides is 1. The van der Waals surface area contributed by atoms with Gasteiger partial charge in [-0.1, -0.05) is 103 Å². The minimum Gasteiger partial charge on any atom is -0.481 e. The van der Waals surface area contributed by atoms with Gasteiger partial charge in [-0.25, -0.2) is 4.98 Å². The first kappa shape index (κ1) is 31.7. The number of aliphatic carboxylic acids is 1. The van der Waals surface area contributed by atoms with Crippen molar-refractivity contribution in [2.75, 3.05) is 0 Å². The summed E-state index contributed by atoms with van der Waals surface area (Å²) in [5.74, 6) is -1.37. The monoisotopic (exact) mass is 637 g/mol. The number of ether oxygens (including phenoxy) is 2. The highest BCUT2D eigenvalue weighted by molar-refractivity contribution is 6.40. The molecule has 0 unspecified atom stereocenters. The first-order valence-electron chi connectivity index (χ1n) is 14.3. The molecule has 5 rings (SSSR count). The quantitative estimate of drug-likeness (QED) is 0.176. The van der Waals surface area contributed by atoms with Gasteiger partial charge in [-0.15, -0.1) is 0 Å². The van der Waals surface area contributed by atoms with Crippen LogP contribution in [0.2, 0.25) is 10.3 Å². The molecule has 1 aromatic heterocycles. The van der Waals surface area contributed by atoms with Crippen LogP contribution in [0.5, 0.6) is 0 Å². The molecule has 11 heteroatoms. The molecular formula is C33H33Cl2N3O6. The number of aromatic nitrogens is 2. The predicted molar refractivity (Wildman–Crippen MR) is 166 cm³/mol. The first-order chi connectivity index (χ1) is 21.2. The minimum absolute atomic E-state index is 0.0395. The van der Waals surface area contributed by atoms with E-state index in [0.717, 1.165) is 33.4 Å². The Labute approximate surface area is 265 Å². The van der Waals surface area contributed by atoms with Gasteiger partial charge in [-0.2, -0.15) is 0 Å². The fourth-order valence-corrected chi connectivity index (χ4v) is 5.58. The number of carbonyl (C=O) groups excluding carboxylic acids is 1. The zero-order valence-electron chi connectivity index (χ0n) is 24.0. The van der Waals surface area contributed by atoms with Gasteiger partial charge in [0.2, 0.25) is 5.91 Å². The third kappa shape index (κ3) is 7.49. The molecule has 1 saturated heterocycles. The summed E-state index contributed by atoms with van der Waals surface area (Å²) in [5.41, 5.74) is 5.42. The smallest absolute Gasteiger partial charge is 0.303 e. The second kappa shape index (κ2) is 14.4. The fraction of sp³-hybridized carbons (Fsp3) is 0.303. The van der Waals surface area contributed by atoms with Crippen molar-refractivity contribution in [1.82, 2.24) is 14.9 Å². The number of halogens is 2. The van der Waals surface area contributed by atoms with Crippen molar-refractivity contribution < 1.29 is 29.3 Å². The summed E-state index contributed by atoms with van der Waals surface area (Å²) in [7, 11) is 0. The lowest BCUT2D eigenvalue weighted by Crippen LogP contribution is -2.39. The van der Waals surface area contributed by atoms with Gasteiger partial charge in [-0.3, -0.25) is 9.59 Å². The molecule has 4 aromatic rings. The number of hydrogen-bond donors (Lipinski definition) is 3. The van der Waals surface area contributed by atoms with Crippen LogP contribution in [0, 0.1) is 5.92 Å². The molecule has 1 amide bonds. The minimum atomic E-state index is -1.01. The van der Waals surface area contributed by atoms with Crippen LogP contribution in [-0.4, -0.2) is 37.7 Å². The number of carboxylic acids is 1. The van der Waals surface area contributed by atoms with Crippen LogP contribution in [-0.2, 0) is 38.8 Å². The lowest BCUT2D eigenvalue weighted by molar-refractivity contribution is -0.276. The SMILES string of the molecule is C[C@H]1[C@@H](Cn2cnc(Cl)c2Cl)O[C@@H](c2ccc(-c3ccccc3CNC(=O)CCC(=O)O)cc2)O[C@H]1c1ccc(CO)cc1. The Morgan fingerprint density at radius 3 is 2.32 bits per heavy atom. The topological polar surface area (TPSA) is 123 Å². The van der Waals surface area contributed by atoms with Gasteiger partial charge in [0.05, 0.1) is 38.1 Å². The second-order valence-electron chi connectivity index (χ2n) is 10.8. The van der Waals surface area contributed by atoms with Crippen LogP contribution in [0.4, 0.5) is 0 Å². The normalized spacial score (nSPS) is 19.9. The van der Waals surface area contributed by atoms with Gasteiger partial charge in [0.1, 0.15) is 5.15 Å². The number of nitrogens with one attached hydrogen (secondary N) is 1. The molecule has 1 fully saturated rings. The van der Waals surface area contributed by atoms with Crippen LogP contribution in [0.15, 0.2) is 79.1 Å². The molecule has 4 atom stereocenters. The van der Waals surface area contributed by atoms with Crippen molar-refractivity contribution in [1.29, 1.82) is 0 Å². The van der Waals surface area contributed by atoms with E-state index in [4.69, 9.17) is 37.8 Å². The average molecular weight is 639 g/mol. The van der Waals surface area contributed by atoms with Crippen molar-refractivity contribution in [3.05, 3.63) is 112 Å². The van der Waals surface area contributed by atoms with Crippen LogP contribution < -0.4 is 5.32 Å². The molecule has 3 N–H and O–H groups in total. The maximum Gasteiger partial charge on any atom is 0.303 e. The van der Waals surface area contributed by atoms with E-state index >= 15 is 0 Å². The van der Waals surface area contributed by atoms with Crippen molar-refractivity contribution in [2.24, 2.45) is 5.92 Å². The maximum atomic E-state index is 12.1. The van der Waals surface area contributed by atoms with Crippen molar-refractivity contribution >= 4 is 35.1 Å². The van der Waals surface area contributed by atoms with E-state index in [1.54, 1.807) is 10.9 Å². The Morgan fingerprint density at radius 2 is 1.66 bits per heavy atom. The Bertz CT molecular complexity index is 1590. The average Bonchev–Trinajstić information content (AvgIpc) is 3.36. The number of nitrogens with zero attached hydrogens (tertiary/aromatic N) is 2. The Hall–Kier alpha value is -3.73. The number of imidazole rings is 1. The van der Waals surface area contributed by atoms with E-state index in [0.29, 0.717) is 11.7 Å². The van der Waals surface area contributed by atoms with Crippen molar-refractivity contribution in [2.45, 2.75) is 58.0 Å². The molecule has 0 spiro atoms. The molecule has 9 nitrogen and oxygen atoms in total. The zero-order valence-corrected chi connectivity index (χ0v) is 25.5. The molecule has 0 bridgehead atoms. The van der Waals surface area contributed by atoms with E-state index in [1.165, 1.54) is 0 Å². The predicted octanol–water partition coefficient (Wildman–Crippen LogP) is 6.32. The molecule has 44 heavy (non-hydrogen) atoms. The third-order valence-corrected chi connectivity index (χ3v) is 8.56. The van der Waals surface area contributed by atoms with E-state index in [1.807, 2.05) is 72.8 Å². The van der Waals surface area contributed by atoms with E-state index in [2.05, 4.69) is 17.2 Å². The van der Waals surface area contributed by atoms with Gasteiger partial charge < -0.3 is 29.6 Å². The number of aliphatic hydroxyl groups is 1. The number of aliphatic hydroxyl groups excluding tert-OH is 1. The van der Waals surface area contributed by atoms with E-state index in [-0.39, 0.29) is 55.2 Å². The molecule has 230 valence electrons. The van der Waals surface area contributed by atoms with Crippen LogP contribution in [0.1, 0.15) is 54.4 Å². The number of rotatable bonds is 11. The van der Waals surface area contributed by atoms with Gasteiger partial charge in [-0.05, 0) is 27.8 Å². The van der Waals surface area contributed by atoms with Gasteiger partial charge in [0, 0.05) is 24.4 Å². The molecule has 3 aromatic carbocycles. The Kier molecular flexibility index (Phi) is 10.3. The highest BCUT2D eigenvalue weighted by atomic mass is 35.5. The molecule has 0 saturated carbocycles. The van der Waals surface area contributed by atoms with Crippen LogP contribution in [0.25, 0.3) is 11.1 Å². The number of carboxylic acid groups (broad SMARTS) is 1. The number of hydrogen-bond acceptors (Lipinski definition) is 6. The summed E-state index contributed by atoms with van der Waals surface area (Å²) in [6, 6.07) is 23.3. The molecule has 0 aliphatic carbocycles. The van der Waals surface area contributed by atoms with Crippen molar-refractivity contribution in [3.8, 4) is 11.1 Å². The molecule has 2 heterocycles. The van der Waals surface area contributed by atoms with Gasteiger partial charge in [0.15, 0.2) is 11.4 Å². The lowest BCUT2D eigenvalue weighted by Gasteiger charge is -2.41. The van der Waals surface area contributed by atoms with Crippen LogP contribution in [0.3, 0.4) is 0 Å². The number of benzene rings is 3. The van der Waals surface area contributed by atoms with Crippen LogP contribution >= 0.6 is 23.2 Å². The summed E-state index contributed by atoms with van der Waals surface area (Å²) >= 11 is 12.5. The molecule has 1 aliphatic rings. The summed E-state index contributed by atoms with van der Waals surface area (Å²) < 4.78 is 14.8. The summed E-state index contributed by atoms with van der Waals surface area (Å²) in [6.07, 6.45) is 0.0577. The zero-order chi connectivity index (χ0) is 31.2.